The van der Waals surface area contributed by atoms with Crippen molar-refractivity contribution in [3.05, 3.63) is 54.0 Å². The van der Waals surface area contributed by atoms with Crippen LogP contribution in [0, 0.1) is 0 Å². The van der Waals surface area contributed by atoms with E-state index >= 15 is 0 Å². The lowest BCUT2D eigenvalue weighted by atomic mass is 9.98. The normalized spacial score (nSPS) is 18.2. The van der Waals surface area contributed by atoms with Crippen LogP contribution in [0.3, 0.4) is 0 Å². The molecule has 4 aromatic heterocycles. The van der Waals surface area contributed by atoms with Gasteiger partial charge in [0, 0.05) is 51.6 Å². The number of likely N-dealkylation sites (N-methyl/N-ethyl adjacent to an activating group) is 1. The summed E-state index contributed by atoms with van der Waals surface area (Å²) < 4.78 is 47.9. The van der Waals surface area contributed by atoms with Gasteiger partial charge in [0.15, 0.2) is 11.6 Å². The van der Waals surface area contributed by atoms with Crippen LogP contribution in [0.15, 0.2) is 47.2 Å². The minimum Gasteiger partial charge on any atom is -0.373 e. The van der Waals surface area contributed by atoms with E-state index in [4.69, 9.17) is 4.52 Å². The number of aryl methyl sites for hydroxylation is 1. The van der Waals surface area contributed by atoms with Crippen molar-refractivity contribution in [2.75, 3.05) is 18.9 Å². The number of carbonyl (C=O) groups excluding carboxylic acids is 1. The number of nitrogens with one attached hydrogen (secondary N) is 1. The van der Waals surface area contributed by atoms with Gasteiger partial charge in [0.2, 0.25) is 11.5 Å². The van der Waals surface area contributed by atoms with Crippen LogP contribution in [0.4, 0.5) is 24.9 Å². The van der Waals surface area contributed by atoms with Crippen molar-refractivity contribution in [2.45, 2.75) is 18.2 Å². The molecule has 4 aromatic rings. The van der Waals surface area contributed by atoms with Crippen LogP contribution in [-0.2, 0) is 23.6 Å². The molecule has 1 aliphatic rings. The molecule has 1 saturated heterocycles. The Bertz CT molecular complexity index is 1450. The van der Waals surface area contributed by atoms with E-state index in [1.165, 1.54) is 30.3 Å². The summed E-state index contributed by atoms with van der Waals surface area (Å²) in [6.07, 6.45) is -1.55. The summed E-state index contributed by atoms with van der Waals surface area (Å²) in [5.41, 5.74) is -3.15. The van der Waals surface area contributed by atoms with Gasteiger partial charge in [-0.25, -0.2) is 15.0 Å². The summed E-state index contributed by atoms with van der Waals surface area (Å²) in [6.45, 7) is 0.292. The highest BCUT2D eigenvalue weighted by molar-refractivity contribution is 5.87. The zero-order valence-electron chi connectivity index (χ0n) is 19.0. The molecule has 0 spiro atoms. The van der Waals surface area contributed by atoms with Crippen LogP contribution in [0.1, 0.15) is 17.7 Å². The molecule has 11 nitrogen and oxygen atoms in total. The third-order valence-electron chi connectivity index (χ3n) is 5.71. The molecule has 0 radical (unpaired) electrons. The second-order valence-electron chi connectivity index (χ2n) is 8.30. The second-order valence-corrected chi connectivity index (χ2v) is 8.30. The van der Waals surface area contributed by atoms with Crippen molar-refractivity contribution in [1.82, 2.24) is 34.8 Å². The molecular weight excluding hydrogens is 481 g/mol. The highest BCUT2D eigenvalue weighted by Crippen LogP contribution is 2.37. The van der Waals surface area contributed by atoms with Gasteiger partial charge in [-0.3, -0.25) is 9.48 Å². The van der Waals surface area contributed by atoms with Gasteiger partial charge < -0.3 is 19.8 Å². The lowest BCUT2D eigenvalue weighted by molar-refractivity contribution is -0.144. The first-order valence-corrected chi connectivity index (χ1v) is 10.7. The predicted molar refractivity (Wildman–Crippen MR) is 118 cm³/mol. The highest BCUT2D eigenvalue weighted by Gasteiger charge is 2.48. The van der Waals surface area contributed by atoms with Gasteiger partial charge in [-0.15, -0.1) is 0 Å². The van der Waals surface area contributed by atoms with Crippen LogP contribution >= 0.6 is 0 Å². The molecular formula is C22H19F3N8O3. The van der Waals surface area contributed by atoms with Crippen LogP contribution in [0.2, 0.25) is 0 Å². The Labute approximate surface area is 201 Å². The van der Waals surface area contributed by atoms with Crippen LogP contribution in [0.5, 0.6) is 0 Å². The summed E-state index contributed by atoms with van der Waals surface area (Å²) in [5.74, 6) is -0.192. The fourth-order valence-electron chi connectivity index (χ4n) is 3.79. The molecule has 186 valence electrons. The van der Waals surface area contributed by atoms with E-state index in [2.05, 4.69) is 30.5 Å². The van der Waals surface area contributed by atoms with E-state index in [1.54, 1.807) is 24.0 Å². The number of hydrogen-bond donors (Lipinski definition) is 2. The smallest absolute Gasteiger partial charge is 0.373 e. The number of pyridine rings is 1. The van der Waals surface area contributed by atoms with Gasteiger partial charge >= 0.3 is 6.18 Å². The average Bonchev–Trinajstić information content (AvgIpc) is 3.56. The third kappa shape index (κ3) is 4.26. The number of aromatic nitrogens is 6. The fourth-order valence-corrected chi connectivity index (χ4v) is 3.79. The van der Waals surface area contributed by atoms with Crippen LogP contribution in [0.25, 0.3) is 22.8 Å². The zero-order valence-corrected chi connectivity index (χ0v) is 19.0. The highest BCUT2D eigenvalue weighted by atomic mass is 19.4. The van der Waals surface area contributed by atoms with Gasteiger partial charge in [-0.2, -0.15) is 18.3 Å². The fraction of sp³-hybridized carbons (Fsp3) is 0.273. The molecule has 1 fully saturated rings. The quantitative estimate of drug-likeness (QED) is 0.424. The summed E-state index contributed by atoms with van der Waals surface area (Å²) in [7, 11) is 3.25. The zero-order chi connectivity index (χ0) is 25.7. The minimum absolute atomic E-state index is 0.0607. The van der Waals surface area contributed by atoms with Crippen LogP contribution < -0.4 is 5.32 Å². The van der Waals surface area contributed by atoms with Gasteiger partial charge in [-0.1, -0.05) is 5.16 Å². The summed E-state index contributed by atoms with van der Waals surface area (Å²) in [5, 5.41) is 21.6. The monoisotopic (exact) mass is 500 g/mol. The molecule has 36 heavy (non-hydrogen) atoms. The Balaban J connectivity index is 1.53. The van der Waals surface area contributed by atoms with Crippen molar-refractivity contribution in [2.24, 2.45) is 7.05 Å². The molecule has 1 amide bonds. The van der Waals surface area contributed by atoms with Gasteiger partial charge in [0.25, 0.3) is 5.91 Å². The number of aliphatic hydroxyl groups is 1. The Kier molecular flexibility index (Phi) is 5.47. The van der Waals surface area contributed by atoms with Gasteiger partial charge in [0.1, 0.15) is 5.69 Å². The van der Waals surface area contributed by atoms with Crippen molar-refractivity contribution in [3.63, 3.8) is 0 Å². The maximum absolute atomic E-state index is 13.7. The second kappa shape index (κ2) is 8.41. The van der Waals surface area contributed by atoms with Gasteiger partial charge in [0.05, 0.1) is 22.6 Å². The molecule has 0 aromatic carbocycles. The summed E-state index contributed by atoms with van der Waals surface area (Å²) >= 11 is 0. The maximum atomic E-state index is 13.7. The summed E-state index contributed by atoms with van der Waals surface area (Å²) in [6, 6.07) is 5.99. The number of rotatable bonds is 5. The van der Waals surface area contributed by atoms with E-state index in [-0.39, 0.29) is 40.9 Å². The standard InChI is InChI=1S/C22H19F3N8O3/c1-32-8-5-21(35,19(32)34)17-11-16(31-36-17)15-10-12(22(23,24)25)9-14(27-15)13-3-6-26-20(28-13)29-18-4-7-33(2)30-18/h3-4,6-7,9-11,35H,5,8H2,1-2H3,(H,26,28,29,30)/t21-/m1/s1. The first-order valence-electron chi connectivity index (χ1n) is 10.7. The number of anilines is 2. The maximum Gasteiger partial charge on any atom is 0.416 e. The van der Waals surface area contributed by atoms with Crippen molar-refractivity contribution < 1.29 is 27.6 Å². The topological polar surface area (TPSA) is 135 Å². The number of halogens is 3. The number of amides is 1. The first kappa shape index (κ1) is 23.4. The molecule has 14 heteroatoms. The first-order chi connectivity index (χ1) is 17.0. The molecule has 0 unspecified atom stereocenters. The number of nitrogens with zero attached hydrogens (tertiary/aromatic N) is 7. The Morgan fingerprint density at radius 3 is 2.47 bits per heavy atom. The van der Waals surface area contributed by atoms with E-state index < -0.39 is 23.2 Å². The van der Waals surface area contributed by atoms with E-state index in [1.807, 2.05) is 0 Å². The lowest BCUT2D eigenvalue weighted by Gasteiger charge is -2.16. The lowest BCUT2D eigenvalue weighted by Crippen LogP contribution is -2.35. The molecule has 1 atom stereocenters. The third-order valence-corrected chi connectivity index (χ3v) is 5.71. The SMILES string of the molecule is CN1CC[C@@](O)(c2cc(-c3cc(C(F)(F)F)cc(-c4ccnc(Nc5ccn(C)n5)n4)n3)no2)C1=O. The predicted octanol–water partition coefficient (Wildman–Crippen LogP) is 2.74. The van der Waals surface area contributed by atoms with Crippen LogP contribution in [-0.4, -0.2) is 59.4 Å². The number of carbonyl (C=O) groups is 1. The Morgan fingerprint density at radius 2 is 1.83 bits per heavy atom. The van der Waals surface area contributed by atoms with Gasteiger partial charge in [-0.05, 0) is 18.2 Å². The summed E-state index contributed by atoms with van der Waals surface area (Å²) in [4.78, 5) is 26.3. The minimum atomic E-state index is -4.69. The largest absolute Gasteiger partial charge is 0.416 e. The number of alkyl halides is 3. The van der Waals surface area contributed by atoms with Crippen molar-refractivity contribution in [3.8, 4) is 22.8 Å². The molecule has 0 aliphatic carbocycles. The molecule has 2 N–H and O–H groups in total. The van der Waals surface area contributed by atoms with E-state index in [0.717, 1.165) is 12.1 Å². The van der Waals surface area contributed by atoms with E-state index in [0.29, 0.717) is 12.4 Å². The Hall–Kier alpha value is -4.33. The molecule has 1 aliphatic heterocycles. The van der Waals surface area contributed by atoms with Crippen molar-refractivity contribution in [1.29, 1.82) is 0 Å². The molecule has 0 saturated carbocycles. The van der Waals surface area contributed by atoms with Crippen molar-refractivity contribution >= 4 is 17.7 Å². The number of likely N-dealkylation sites (tertiary alicyclic amines) is 1. The molecule has 0 bridgehead atoms. The molecule has 5 rings (SSSR count). The van der Waals surface area contributed by atoms with E-state index in [9.17, 15) is 23.1 Å². The molecule has 5 heterocycles. The Morgan fingerprint density at radius 1 is 1.08 bits per heavy atom. The average molecular weight is 500 g/mol. The number of hydrogen-bond acceptors (Lipinski definition) is 9.